The second kappa shape index (κ2) is 9.01. The van der Waals surface area contributed by atoms with Gasteiger partial charge in [-0.05, 0) is 59.1 Å². The maximum Gasteiger partial charge on any atom is -0.0230 e. The Labute approximate surface area is 157 Å². The predicted octanol–water partition coefficient (Wildman–Crippen LogP) is 6.54. The Morgan fingerprint density at radius 2 is 1.23 bits per heavy atom. The van der Waals surface area contributed by atoms with E-state index < -0.39 is 0 Å². The number of aryl methyl sites for hydroxylation is 4. The molecule has 0 heterocycles. The van der Waals surface area contributed by atoms with E-state index >= 15 is 0 Å². The van der Waals surface area contributed by atoms with E-state index in [9.17, 15) is 0 Å². The topological polar surface area (TPSA) is 0 Å². The molecule has 0 aliphatic rings. The summed E-state index contributed by atoms with van der Waals surface area (Å²) in [6, 6.07) is 26.2. The normalized spacial score (nSPS) is 10.5. The lowest BCUT2D eigenvalue weighted by molar-refractivity contribution is 0.929. The molecule has 0 aliphatic heterocycles. The van der Waals surface area contributed by atoms with Gasteiger partial charge in [-0.25, -0.2) is 0 Å². The Morgan fingerprint density at radius 3 is 1.92 bits per heavy atom. The highest BCUT2D eigenvalue weighted by atomic mass is 14.1. The van der Waals surface area contributed by atoms with Gasteiger partial charge in [0.2, 0.25) is 0 Å². The Balaban J connectivity index is 1.60. The summed E-state index contributed by atoms with van der Waals surface area (Å²) in [5.74, 6) is 0. The average molecular weight is 338 g/mol. The van der Waals surface area contributed by atoms with Crippen LogP contribution in [0.5, 0.6) is 0 Å². The van der Waals surface area contributed by atoms with Gasteiger partial charge in [-0.3, -0.25) is 0 Å². The van der Waals surface area contributed by atoms with Crippen LogP contribution in [0.3, 0.4) is 0 Å². The van der Waals surface area contributed by atoms with E-state index in [4.69, 9.17) is 0 Å². The molecule has 0 aromatic heterocycles. The Kier molecular flexibility index (Phi) is 6.22. The molecular formula is C26H26. The molecule has 3 aromatic carbocycles. The first kappa shape index (κ1) is 17.9. The van der Waals surface area contributed by atoms with Gasteiger partial charge in [-0.15, -0.1) is 0 Å². The standard InChI is InChI=1S/C26H26/c1-3-21-12-14-22(15-13-21)16-17-23-8-7-9-24(20-23)18-19-26-11-6-5-10-25(26)4-2/h3-15,20H,1-2,16-19H2. The molecule has 0 unspecified atom stereocenters. The van der Waals surface area contributed by atoms with Gasteiger partial charge in [-0.1, -0.05) is 98.1 Å². The zero-order chi connectivity index (χ0) is 18.2. The summed E-state index contributed by atoms with van der Waals surface area (Å²) in [4.78, 5) is 0. The van der Waals surface area contributed by atoms with E-state index in [1.807, 2.05) is 12.2 Å². The number of benzene rings is 3. The van der Waals surface area contributed by atoms with E-state index in [-0.39, 0.29) is 0 Å². The monoisotopic (exact) mass is 338 g/mol. The highest BCUT2D eigenvalue weighted by Crippen LogP contribution is 2.16. The molecular weight excluding hydrogens is 312 g/mol. The molecule has 0 nitrogen and oxygen atoms in total. The molecule has 0 fully saturated rings. The summed E-state index contributed by atoms with van der Waals surface area (Å²) < 4.78 is 0. The molecule has 3 rings (SSSR count). The number of hydrogen-bond donors (Lipinski definition) is 0. The summed E-state index contributed by atoms with van der Waals surface area (Å²) in [6.45, 7) is 7.73. The molecule has 0 radical (unpaired) electrons. The van der Waals surface area contributed by atoms with Crippen molar-refractivity contribution in [3.8, 4) is 0 Å². The fourth-order valence-corrected chi connectivity index (χ4v) is 3.29. The summed E-state index contributed by atoms with van der Waals surface area (Å²) in [6.07, 6.45) is 8.09. The van der Waals surface area contributed by atoms with E-state index in [2.05, 4.69) is 86.0 Å². The Morgan fingerprint density at radius 1 is 0.577 bits per heavy atom. The first-order valence-electron chi connectivity index (χ1n) is 9.28. The minimum atomic E-state index is 1.05. The zero-order valence-corrected chi connectivity index (χ0v) is 15.3. The van der Waals surface area contributed by atoms with Crippen LogP contribution in [0.4, 0.5) is 0 Å². The maximum atomic E-state index is 3.92. The third-order valence-electron chi connectivity index (χ3n) is 4.87. The molecule has 0 heteroatoms. The van der Waals surface area contributed by atoms with Crippen LogP contribution in [0.25, 0.3) is 12.2 Å². The fraction of sp³-hybridized carbons (Fsp3) is 0.154. The van der Waals surface area contributed by atoms with Crippen molar-refractivity contribution >= 4 is 12.2 Å². The highest BCUT2D eigenvalue weighted by molar-refractivity contribution is 5.52. The van der Waals surface area contributed by atoms with Crippen molar-refractivity contribution in [1.29, 1.82) is 0 Å². The van der Waals surface area contributed by atoms with Gasteiger partial charge in [0, 0.05) is 0 Å². The van der Waals surface area contributed by atoms with E-state index in [1.165, 1.54) is 33.4 Å². The van der Waals surface area contributed by atoms with Crippen LogP contribution < -0.4 is 0 Å². The second-order valence-electron chi connectivity index (χ2n) is 6.67. The Hall–Kier alpha value is -2.86. The quantitative estimate of drug-likeness (QED) is 0.437. The smallest absolute Gasteiger partial charge is 0.0230 e. The van der Waals surface area contributed by atoms with Crippen molar-refractivity contribution in [3.63, 3.8) is 0 Å². The minimum Gasteiger partial charge on any atom is -0.0985 e. The molecule has 0 spiro atoms. The van der Waals surface area contributed by atoms with Crippen molar-refractivity contribution in [3.05, 3.63) is 119 Å². The van der Waals surface area contributed by atoms with Crippen molar-refractivity contribution in [2.75, 3.05) is 0 Å². The van der Waals surface area contributed by atoms with Gasteiger partial charge in [0.25, 0.3) is 0 Å². The number of rotatable bonds is 8. The predicted molar refractivity (Wildman–Crippen MR) is 114 cm³/mol. The third-order valence-corrected chi connectivity index (χ3v) is 4.87. The molecule has 0 amide bonds. The van der Waals surface area contributed by atoms with E-state index in [0.717, 1.165) is 25.7 Å². The van der Waals surface area contributed by atoms with Gasteiger partial charge in [0.1, 0.15) is 0 Å². The average Bonchev–Trinajstić information content (AvgIpc) is 2.71. The van der Waals surface area contributed by atoms with Gasteiger partial charge in [0.15, 0.2) is 0 Å². The molecule has 0 N–H and O–H groups in total. The lowest BCUT2D eigenvalue weighted by atomic mass is 9.97. The van der Waals surface area contributed by atoms with Crippen molar-refractivity contribution in [1.82, 2.24) is 0 Å². The molecule has 0 aliphatic carbocycles. The molecule has 130 valence electrons. The van der Waals surface area contributed by atoms with Crippen LogP contribution in [-0.2, 0) is 25.7 Å². The van der Waals surface area contributed by atoms with Gasteiger partial charge < -0.3 is 0 Å². The van der Waals surface area contributed by atoms with Crippen LogP contribution in [-0.4, -0.2) is 0 Å². The van der Waals surface area contributed by atoms with Crippen LogP contribution in [0.1, 0.15) is 33.4 Å². The first-order valence-corrected chi connectivity index (χ1v) is 9.28. The molecule has 0 bridgehead atoms. The van der Waals surface area contributed by atoms with Crippen molar-refractivity contribution in [2.45, 2.75) is 25.7 Å². The van der Waals surface area contributed by atoms with Crippen LogP contribution in [0, 0.1) is 0 Å². The zero-order valence-electron chi connectivity index (χ0n) is 15.3. The summed E-state index contributed by atoms with van der Waals surface area (Å²) >= 11 is 0. The first-order chi connectivity index (χ1) is 12.8. The van der Waals surface area contributed by atoms with Crippen LogP contribution in [0.15, 0.2) is 86.0 Å². The maximum absolute atomic E-state index is 3.92. The molecule has 0 saturated carbocycles. The minimum absolute atomic E-state index is 1.05. The summed E-state index contributed by atoms with van der Waals surface area (Å²) in [5.41, 5.74) is 7.98. The van der Waals surface area contributed by atoms with E-state index in [0.29, 0.717) is 0 Å². The van der Waals surface area contributed by atoms with Gasteiger partial charge in [-0.2, -0.15) is 0 Å². The lowest BCUT2D eigenvalue weighted by Crippen LogP contribution is -1.96. The molecule has 26 heavy (non-hydrogen) atoms. The summed E-state index contributed by atoms with van der Waals surface area (Å²) in [7, 11) is 0. The van der Waals surface area contributed by atoms with Crippen LogP contribution >= 0.6 is 0 Å². The molecule has 0 saturated heterocycles. The SMILES string of the molecule is C=Cc1ccc(CCc2cccc(CCc3ccccc3C=C)c2)cc1. The van der Waals surface area contributed by atoms with Crippen molar-refractivity contribution < 1.29 is 0 Å². The second-order valence-corrected chi connectivity index (χ2v) is 6.67. The van der Waals surface area contributed by atoms with E-state index in [1.54, 1.807) is 0 Å². The highest BCUT2D eigenvalue weighted by Gasteiger charge is 2.02. The Bertz CT molecular complexity index is 869. The molecule has 0 atom stereocenters. The third kappa shape index (κ3) is 4.83. The number of hydrogen-bond acceptors (Lipinski definition) is 0. The summed E-state index contributed by atoms with van der Waals surface area (Å²) in [5, 5.41) is 0. The van der Waals surface area contributed by atoms with Crippen molar-refractivity contribution in [2.24, 2.45) is 0 Å². The van der Waals surface area contributed by atoms with Crippen LogP contribution in [0.2, 0.25) is 0 Å². The van der Waals surface area contributed by atoms with Gasteiger partial charge >= 0.3 is 0 Å². The lowest BCUT2D eigenvalue weighted by Gasteiger charge is -2.08. The van der Waals surface area contributed by atoms with Gasteiger partial charge in [0.05, 0.1) is 0 Å². The largest absolute Gasteiger partial charge is 0.0985 e. The fourth-order valence-electron chi connectivity index (χ4n) is 3.29. The molecule has 3 aromatic rings.